The molecule has 0 spiro atoms. The summed E-state index contributed by atoms with van der Waals surface area (Å²) in [6.45, 7) is 25.4. The van der Waals surface area contributed by atoms with E-state index >= 15 is 0 Å². The molecule has 0 aliphatic carbocycles. The van der Waals surface area contributed by atoms with Crippen molar-refractivity contribution in [2.24, 2.45) is 10.9 Å². The Morgan fingerprint density at radius 3 is 1.76 bits per heavy atom. The number of allylic oxidation sites excluding steroid dienone is 14. The van der Waals surface area contributed by atoms with Crippen molar-refractivity contribution < 1.29 is 0 Å². The van der Waals surface area contributed by atoms with Crippen LogP contribution in [0.15, 0.2) is 194 Å². The third-order valence-electron chi connectivity index (χ3n) is 8.90. The Balaban J connectivity index is 1.96. The lowest BCUT2D eigenvalue weighted by Crippen LogP contribution is -2.10. The van der Waals surface area contributed by atoms with Crippen LogP contribution in [0.1, 0.15) is 63.8 Å². The average Bonchev–Trinajstić information content (AvgIpc) is 3.16. The molecule has 0 aromatic heterocycles. The normalized spacial score (nSPS) is 13.2. The van der Waals surface area contributed by atoms with Crippen LogP contribution in [0, 0.1) is 5.92 Å². The Hall–Kier alpha value is -5.79. The van der Waals surface area contributed by atoms with E-state index in [1.165, 1.54) is 16.7 Å². The molecule has 0 radical (unpaired) electrons. The van der Waals surface area contributed by atoms with Gasteiger partial charge in [-0.3, -0.25) is 0 Å². The smallest absolute Gasteiger partial charge is 0.0781 e. The Morgan fingerprint density at radius 1 is 0.608 bits per heavy atom. The monoisotopic (exact) mass is 665 g/mol. The summed E-state index contributed by atoms with van der Waals surface area (Å²) < 4.78 is 0. The van der Waals surface area contributed by atoms with Crippen molar-refractivity contribution in [3.63, 3.8) is 0 Å². The molecule has 0 atom stereocenters. The first kappa shape index (κ1) is 38.0. The molecule has 1 nitrogen and oxygen atoms in total. The number of hydrogen-bond donors (Lipinski definition) is 0. The summed E-state index contributed by atoms with van der Waals surface area (Å²) in [6, 6.07) is 34.5. The van der Waals surface area contributed by atoms with Crippen molar-refractivity contribution in [3.05, 3.63) is 211 Å². The third kappa shape index (κ3) is 10.4. The van der Waals surface area contributed by atoms with Crippen LogP contribution in [-0.4, -0.2) is 5.71 Å². The first-order valence-electron chi connectivity index (χ1n) is 17.6. The van der Waals surface area contributed by atoms with E-state index in [1.54, 1.807) is 6.08 Å². The first-order valence-corrected chi connectivity index (χ1v) is 17.6. The zero-order chi connectivity index (χ0) is 36.8. The van der Waals surface area contributed by atoms with Gasteiger partial charge in [0.2, 0.25) is 0 Å². The van der Waals surface area contributed by atoms with Crippen LogP contribution < -0.4 is 0 Å². The Bertz CT molecular complexity index is 2050. The summed E-state index contributed by atoms with van der Waals surface area (Å²) in [4.78, 5) is 5.32. The molecule has 0 unspecified atom stereocenters. The van der Waals surface area contributed by atoms with E-state index < -0.39 is 0 Å². The standard InChI is InChI=1S/C50H51N/c1-10-13-16-21-37(6)41-25-29-44(30-26-41)46-33-47(45-31-27-42(28-32-45)38(7)22-17-14-11-2)35-48(34-46)50(49(20-12-3)39(8)36(4)5)51-40(9)43-23-18-15-19-24-43/h10-36H,1,7,9H2,2-6,8H3/b14-11-,16-13-,20-12-,22-17-,37-21+,49-39+,51-50?. The summed E-state index contributed by atoms with van der Waals surface area (Å²) in [5.74, 6) is 0.335. The zero-order valence-corrected chi connectivity index (χ0v) is 31.2. The minimum atomic E-state index is 0.335. The van der Waals surface area contributed by atoms with Gasteiger partial charge in [0, 0.05) is 5.56 Å². The van der Waals surface area contributed by atoms with Crippen molar-refractivity contribution in [1.82, 2.24) is 0 Å². The molecule has 0 fully saturated rings. The molecule has 0 aliphatic heterocycles. The van der Waals surface area contributed by atoms with Crippen LogP contribution in [0.3, 0.4) is 0 Å². The van der Waals surface area contributed by atoms with Gasteiger partial charge >= 0.3 is 0 Å². The van der Waals surface area contributed by atoms with E-state index in [2.05, 4.69) is 151 Å². The molecule has 51 heavy (non-hydrogen) atoms. The predicted molar refractivity (Wildman–Crippen MR) is 228 cm³/mol. The fourth-order valence-electron chi connectivity index (χ4n) is 5.64. The van der Waals surface area contributed by atoms with E-state index in [0.717, 1.165) is 61.5 Å². The van der Waals surface area contributed by atoms with Crippen LogP contribution in [0.4, 0.5) is 0 Å². The highest BCUT2D eigenvalue weighted by atomic mass is 14.8. The Labute approximate surface area is 307 Å². The fourth-order valence-corrected chi connectivity index (χ4v) is 5.64. The van der Waals surface area contributed by atoms with Gasteiger partial charge in [0.1, 0.15) is 0 Å². The van der Waals surface area contributed by atoms with E-state index in [-0.39, 0.29) is 0 Å². The van der Waals surface area contributed by atoms with Crippen molar-refractivity contribution in [2.75, 3.05) is 0 Å². The molecule has 0 amide bonds. The van der Waals surface area contributed by atoms with Gasteiger partial charge in [-0.05, 0) is 107 Å². The molecular formula is C50H51N. The maximum atomic E-state index is 5.32. The lowest BCUT2D eigenvalue weighted by Gasteiger charge is -2.18. The Kier molecular flexibility index (Phi) is 14.0. The maximum absolute atomic E-state index is 5.32. The van der Waals surface area contributed by atoms with Crippen LogP contribution in [0.2, 0.25) is 0 Å². The van der Waals surface area contributed by atoms with Crippen molar-refractivity contribution in [1.29, 1.82) is 0 Å². The van der Waals surface area contributed by atoms with Crippen molar-refractivity contribution >= 4 is 22.6 Å². The highest BCUT2D eigenvalue weighted by Crippen LogP contribution is 2.33. The summed E-state index contributed by atoms with van der Waals surface area (Å²) in [5.41, 5.74) is 14.9. The summed E-state index contributed by atoms with van der Waals surface area (Å²) >= 11 is 0. The predicted octanol–water partition coefficient (Wildman–Crippen LogP) is 14.3. The molecule has 4 aromatic carbocycles. The molecular weight excluding hydrogens is 615 g/mol. The van der Waals surface area contributed by atoms with Crippen LogP contribution >= 0.6 is 0 Å². The van der Waals surface area contributed by atoms with Crippen LogP contribution in [0.25, 0.3) is 39.1 Å². The molecule has 4 rings (SSSR count). The second kappa shape index (κ2) is 18.8. The number of rotatable bonds is 14. The molecule has 0 N–H and O–H groups in total. The zero-order valence-electron chi connectivity index (χ0n) is 31.2. The summed E-state index contributed by atoms with van der Waals surface area (Å²) in [7, 11) is 0. The van der Waals surface area contributed by atoms with Gasteiger partial charge in [-0.25, -0.2) is 4.99 Å². The highest BCUT2D eigenvalue weighted by Gasteiger charge is 2.17. The quantitative estimate of drug-likeness (QED) is 0.0939. The molecule has 0 saturated heterocycles. The maximum Gasteiger partial charge on any atom is 0.0781 e. The largest absolute Gasteiger partial charge is 0.248 e. The van der Waals surface area contributed by atoms with Crippen molar-refractivity contribution in [2.45, 2.75) is 41.5 Å². The van der Waals surface area contributed by atoms with Gasteiger partial charge < -0.3 is 0 Å². The first-order chi connectivity index (χ1) is 24.7. The molecule has 1 heteroatoms. The topological polar surface area (TPSA) is 12.4 Å². The number of hydrogen-bond acceptors (Lipinski definition) is 1. The van der Waals surface area contributed by atoms with Gasteiger partial charge in [0.05, 0.1) is 11.4 Å². The fraction of sp³-hybridized carbons (Fsp3) is 0.140. The van der Waals surface area contributed by atoms with Gasteiger partial charge in [0.25, 0.3) is 0 Å². The lowest BCUT2D eigenvalue weighted by atomic mass is 9.88. The van der Waals surface area contributed by atoms with Crippen LogP contribution in [-0.2, 0) is 0 Å². The minimum Gasteiger partial charge on any atom is -0.248 e. The molecule has 0 bridgehead atoms. The molecule has 4 aromatic rings. The Morgan fingerprint density at radius 2 is 1.22 bits per heavy atom. The third-order valence-corrected chi connectivity index (χ3v) is 8.90. The van der Waals surface area contributed by atoms with E-state index in [4.69, 9.17) is 4.99 Å². The molecule has 0 saturated carbocycles. The van der Waals surface area contributed by atoms with E-state index in [9.17, 15) is 0 Å². The molecule has 0 aliphatic rings. The number of nitrogens with zero attached hydrogens (tertiary/aromatic N) is 1. The minimum absolute atomic E-state index is 0.335. The SMILES string of the molecule is C=C/C=C\C=C(/C)c1ccc(-c2cc(C(=NC(=C)c3ccccc3)C(/C=C\C)=C(\C)C(C)C)cc(-c3ccc(C(=C)/C=C\C=C/C)cc3)c2)cc1. The van der Waals surface area contributed by atoms with Crippen LogP contribution in [0.5, 0.6) is 0 Å². The second-order valence-electron chi connectivity index (χ2n) is 12.9. The molecule has 0 heterocycles. The van der Waals surface area contributed by atoms with E-state index in [1.807, 2.05) is 61.6 Å². The average molecular weight is 666 g/mol. The summed E-state index contributed by atoms with van der Waals surface area (Å²) in [5, 5.41) is 0. The van der Waals surface area contributed by atoms with Crippen molar-refractivity contribution in [3.8, 4) is 22.3 Å². The summed E-state index contributed by atoms with van der Waals surface area (Å²) in [6.07, 6.45) is 20.2. The van der Waals surface area contributed by atoms with Gasteiger partial charge in [-0.1, -0.05) is 179 Å². The molecule has 256 valence electrons. The second-order valence-corrected chi connectivity index (χ2v) is 12.9. The number of aliphatic imine (C=N–C) groups is 1. The van der Waals surface area contributed by atoms with Gasteiger partial charge in [-0.2, -0.15) is 0 Å². The van der Waals surface area contributed by atoms with E-state index in [0.29, 0.717) is 5.92 Å². The highest BCUT2D eigenvalue weighted by molar-refractivity contribution is 6.17. The number of benzene rings is 4. The van der Waals surface area contributed by atoms with Gasteiger partial charge in [-0.15, -0.1) is 0 Å². The lowest BCUT2D eigenvalue weighted by molar-refractivity contribution is 0.765. The van der Waals surface area contributed by atoms with Gasteiger partial charge in [0.15, 0.2) is 0 Å².